The predicted octanol–water partition coefficient (Wildman–Crippen LogP) is 0.851. The zero-order valence-electron chi connectivity index (χ0n) is 13.1. The molecule has 4 rings (SSSR count). The van der Waals surface area contributed by atoms with E-state index >= 15 is 0 Å². The van der Waals surface area contributed by atoms with Gasteiger partial charge in [-0.3, -0.25) is 4.79 Å². The number of anilines is 1. The molecule has 6 heteroatoms. The molecule has 1 aromatic rings. The van der Waals surface area contributed by atoms with Gasteiger partial charge in [-0.15, -0.1) is 0 Å². The lowest BCUT2D eigenvalue weighted by Gasteiger charge is -2.38. The number of para-hydroxylation sites is 1. The fourth-order valence-electron chi connectivity index (χ4n) is 3.99. The number of rotatable bonds is 2. The molecule has 0 saturated carbocycles. The molecule has 0 aliphatic carbocycles. The maximum Gasteiger partial charge on any atom is 0.228 e. The second-order valence-electron chi connectivity index (χ2n) is 6.55. The summed E-state index contributed by atoms with van der Waals surface area (Å²) in [7, 11) is 0. The average molecular weight is 319 g/mol. The van der Waals surface area contributed by atoms with Crippen LogP contribution in [0.1, 0.15) is 6.42 Å². The summed E-state index contributed by atoms with van der Waals surface area (Å²) in [5, 5.41) is 3.30. The number of nitrogens with zero attached hydrogens (tertiary/aromatic N) is 2. The van der Waals surface area contributed by atoms with Crippen molar-refractivity contribution in [2.45, 2.75) is 18.6 Å². The minimum Gasteiger partial charge on any atom is -0.373 e. The number of ether oxygens (including phenoxy) is 1. The van der Waals surface area contributed by atoms with Gasteiger partial charge in [0, 0.05) is 32.7 Å². The van der Waals surface area contributed by atoms with Gasteiger partial charge in [0.05, 0.1) is 30.4 Å². The van der Waals surface area contributed by atoms with Crippen LogP contribution in [0.25, 0.3) is 0 Å². The summed E-state index contributed by atoms with van der Waals surface area (Å²) in [5.41, 5.74) is 0.602. The number of halogens is 1. The van der Waals surface area contributed by atoms with Crippen molar-refractivity contribution in [1.82, 2.24) is 10.2 Å². The highest BCUT2D eigenvalue weighted by Gasteiger charge is 2.41. The van der Waals surface area contributed by atoms with E-state index in [1.165, 1.54) is 6.07 Å². The monoisotopic (exact) mass is 319 g/mol. The predicted molar refractivity (Wildman–Crippen MR) is 84.8 cm³/mol. The average Bonchev–Trinajstić information content (AvgIpc) is 3.23. The molecule has 3 atom stereocenters. The van der Waals surface area contributed by atoms with E-state index < -0.39 is 0 Å². The first-order chi connectivity index (χ1) is 11.2. The van der Waals surface area contributed by atoms with E-state index in [0.717, 1.165) is 26.1 Å². The van der Waals surface area contributed by atoms with Crippen molar-refractivity contribution < 1.29 is 13.9 Å². The lowest BCUT2D eigenvalue weighted by molar-refractivity contribution is -0.146. The number of hydrogen-bond donors (Lipinski definition) is 1. The van der Waals surface area contributed by atoms with Crippen LogP contribution in [0.15, 0.2) is 24.3 Å². The van der Waals surface area contributed by atoms with Crippen molar-refractivity contribution in [3.63, 3.8) is 0 Å². The van der Waals surface area contributed by atoms with E-state index in [-0.39, 0.29) is 29.8 Å². The van der Waals surface area contributed by atoms with Gasteiger partial charge in [0.25, 0.3) is 0 Å². The molecule has 3 heterocycles. The molecular weight excluding hydrogens is 297 g/mol. The number of carbonyl (C=O) groups excluding carboxylic acids is 1. The van der Waals surface area contributed by atoms with Gasteiger partial charge in [-0.25, -0.2) is 4.39 Å². The lowest BCUT2D eigenvalue weighted by atomic mass is 10.0. The Balaban J connectivity index is 1.45. The molecule has 0 bridgehead atoms. The van der Waals surface area contributed by atoms with Crippen molar-refractivity contribution in [2.75, 3.05) is 44.2 Å². The SMILES string of the molecule is O=C(C1CCN(c2ccccc2F)C1)N1CCO[C@@H]2CNC[C@@H]21. The van der Waals surface area contributed by atoms with Gasteiger partial charge < -0.3 is 19.9 Å². The molecule has 1 N–H and O–H groups in total. The van der Waals surface area contributed by atoms with Crippen LogP contribution < -0.4 is 10.2 Å². The van der Waals surface area contributed by atoms with Crippen LogP contribution in [0.2, 0.25) is 0 Å². The van der Waals surface area contributed by atoms with Gasteiger partial charge in [-0.1, -0.05) is 12.1 Å². The van der Waals surface area contributed by atoms with E-state index in [2.05, 4.69) is 5.32 Å². The summed E-state index contributed by atoms with van der Waals surface area (Å²) in [6.07, 6.45) is 0.909. The molecule has 0 aromatic heterocycles. The minimum atomic E-state index is -0.216. The molecule has 1 aromatic carbocycles. The highest BCUT2D eigenvalue weighted by Crippen LogP contribution is 2.29. The molecule has 5 nitrogen and oxygen atoms in total. The van der Waals surface area contributed by atoms with Crippen molar-refractivity contribution in [3.05, 3.63) is 30.1 Å². The molecule has 3 aliphatic rings. The Labute approximate surface area is 135 Å². The maximum atomic E-state index is 13.9. The fourth-order valence-corrected chi connectivity index (χ4v) is 3.99. The first-order valence-corrected chi connectivity index (χ1v) is 8.36. The van der Waals surface area contributed by atoms with Crippen LogP contribution in [0, 0.1) is 11.7 Å². The molecule has 1 amide bonds. The first kappa shape index (κ1) is 14.9. The summed E-state index contributed by atoms with van der Waals surface area (Å²) in [6.45, 7) is 4.23. The highest BCUT2D eigenvalue weighted by molar-refractivity contribution is 5.81. The van der Waals surface area contributed by atoms with Gasteiger partial charge in [-0.2, -0.15) is 0 Å². The van der Waals surface area contributed by atoms with E-state index in [9.17, 15) is 9.18 Å². The molecule has 0 radical (unpaired) electrons. The third-order valence-corrected chi connectivity index (χ3v) is 5.21. The maximum absolute atomic E-state index is 13.9. The number of hydrogen-bond acceptors (Lipinski definition) is 4. The van der Waals surface area contributed by atoms with E-state index in [0.29, 0.717) is 25.4 Å². The summed E-state index contributed by atoms with van der Waals surface area (Å²) >= 11 is 0. The topological polar surface area (TPSA) is 44.8 Å². The smallest absolute Gasteiger partial charge is 0.228 e. The Hall–Kier alpha value is -1.66. The Kier molecular flexibility index (Phi) is 3.95. The lowest BCUT2D eigenvalue weighted by Crippen LogP contribution is -2.55. The molecule has 3 saturated heterocycles. The Morgan fingerprint density at radius 1 is 1.26 bits per heavy atom. The number of morpholine rings is 1. The minimum absolute atomic E-state index is 0.0473. The van der Waals surface area contributed by atoms with Gasteiger partial charge in [0.1, 0.15) is 5.82 Å². The third-order valence-electron chi connectivity index (χ3n) is 5.21. The molecule has 3 fully saturated rings. The number of benzene rings is 1. The van der Waals surface area contributed by atoms with Crippen molar-refractivity contribution in [1.29, 1.82) is 0 Å². The quantitative estimate of drug-likeness (QED) is 0.878. The summed E-state index contributed by atoms with van der Waals surface area (Å²) in [6, 6.07) is 6.94. The fraction of sp³-hybridized carbons (Fsp3) is 0.588. The first-order valence-electron chi connectivity index (χ1n) is 8.36. The summed E-state index contributed by atoms with van der Waals surface area (Å²) < 4.78 is 19.7. The Bertz CT molecular complexity index is 597. The van der Waals surface area contributed by atoms with E-state index in [1.807, 2.05) is 15.9 Å². The highest BCUT2D eigenvalue weighted by atomic mass is 19.1. The van der Waals surface area contributed by atoms with Crippen LogP contribution >= 0.6 is 0 Å². The van der Waals surface area contributed by atoms with Gasteiger partial charge >= 0.3 is 0 Å². The van der Waals surface area contributed by atoms with Crippen molar-refractivity contribution in [3.8, 4) is 0 Å². The largest absolute Gasteiger partial charge is 0.373 e. The van der Waals surface area contributed by atoms with Crippen LogP contribution in [-0.4, -0.2) is 62.3 Å². The number of nitrogens with one attached hydrogen (secondary N) is 1. The standard InChI is InChI=1S/C17H22FN3O2/c18-13-3-1-2-4-14(13)20-6-5-12(11-20)17(22)21-7-8-23-16-10-19-9-15(16)21/h1-4,12,15-16,19H,5-11H2/t12?,15-,16+/m0/s1. The Morgan fingerprint density at radius 3 is 3.00 bits per heavy atom. The molecule has 1 unspecified atom stereocenters. The van der Waals surface area contributed by atoms with Gasteiger partial charge in [-0.05, 0) is 18.6 Å². The zero-order valence-corrected chi connectivity index (χ0v) is 13.1. The van der Waals surface area contributed by atoms with E-state index in [1.54, 1.807) is 12.1 Å². The second kappa shape index (κ2) is 6.09. The van der Waals surface area contributed by atoms with Crippen molar-refractivity contribution >= 4 is 11.6 Å². The van der Waals surface area contributed by atoms with Gasteiger partial charge in [0.15, 0.2) is 0 Å². The summed E-state index contributed by atoms with van der Waals surface area (Å²) in [4.78, 5) is 16.9. The third kappa shape index (κ3) is 2.70. The number of carbonyl (C=O) groups is 1. The van der Waals surface area contributed by atoms with Crippen molar-refractivity contribution in [2.24, 2.45) is 5.92 Å². The molecule has 0 spiro atoms. The number of fused-ring (bicyclic) bond motifs is 1. The van der Waals surface area contributed by atoms with Crippen LogP contribution in [0.3, 0.4) is 0 Å². The molecular formula is C17H22FN3O2. The number of amides is 1. The van der Waals surface area contributed by atoms with Crippen LogP contribution in [0.4, 0.5) is 10.1 Å². The van der Waals surface area contributed by atoms with Crippen LogP contribution in [-0.2, 0) is 9.53 Å². The second-order valence-corrected chi connectivity index (χ2v) is 6.55. The van der Waals surface area contributed by atoms with Crippen LogP contribution in [0.5, 0.6) is 0 Å². The van der Waals surface area contributed by atoms with E-state index in [4.69, 9.17) is 4.74 Å². The molecule has 124 valence electrons. The van der Waals surface area contributed by atoms with Gasteiger partial charge in [0.2, 0.25) is 5.91 Å². The molecule has 23 heavy (non-hydrogen) atoms. The Morgan fingerprint density at radius 2 is 2.13 bits per heavy atom. The zero-order chi connectivity index (χ0) is 15.8. The molecule has 3 aliphatic heterocycles. The summed E-state index contributed by atoms with van der Waals surface area (Å²) in [5.74, 6) is -0.0631. The normalized spacial score (nSPS) is 30.6.